The van der Waals surface area contributed by atoms with Crippen molar-refractivity contribution in [2.45, 2.75) is 16.7 Å². The van der Waals surface area contributed by atoms with Gasteiger partial charge in [-0.3, -0.25) is 0 Å². The Morgan fingerprint density at radius 1 is 0.850 bits per heavy atom. The van der Waals surface area contributed by atoms with E-state index in [4.69, 9.17) is 9.47 Å². The Morgan fingerprint density at radius 3 is 1.70 bits per heavy atom. The molecule has 4 nitrogen and oxygen atoms in total. The average molecular weight is 292 g/mol. The first kappa shape index (κ1) is 14.4. The van der Waals surface area contributed by atoms with Crippen molar-refractivity contribution in [3.63, 3.8) is 0 Å². The summed E-state index contributed by atoms with van der Waals surface area (Å²) in [4.78, 5) is 0.480. The van der Waals surface area contributed by atoms with Crippen molar-refractivity contribution in [2.75, 3.05) is 13.7 Å². The summed E-state index contributed by atoms with van der Waals surface area (Å²) in [5.74, 6) is 1.27. The van der Waals surface area contributed by atoms with Crippen LogP contribution in [0, 0.1) is 0 Å². The molecular formula is C15H16O4S. The standard InChI is InChI=1S/C15H16O4S/c1-3-19-13-6-10-15(11-7-13)20(16,17)14-8-4-12(18-2)5-9-14/h4-11H,3H2,1-2H3. The zero-order chi connectivity index (χ0) is 14.6. The van der Waals surface area contributed by atoms with Crippen molar-refractivity contribution in [1.29, 1.82) is 0 Å². The van der Waals surface area contributed by atoms with Crippen LogP contribution in [-0.4, -0.2) is 22.1 Å². The van der Waals surface area contributed by atoms with Crippen LogP contribution in [0.2, 0.25) is 0 Å². The molecule has 2 aromatic rings. The van der Waals surface area contributed by atoms with E-state index in [1.54, 1.807) is 36.4 Å². The zero-order valence-electron chi connectivity index (χ0n) is 11.4. The first-order valence-electron chi connectivity index (χ1n) is 6.20. The van der Waals surface area contributed by atoms with Crippen LogP contribution in [0.5, 0.6) is 11.5 Å². The van der Waals surface area contributed by atoms with E-state index in [-0.39, 0.29) is 9.79 Å². The second-order valence-corrected chi connectivity index (χ2v) is 6.03. The molecule has 20 heavy (non-hydrogen) atoms. The molecule has 106 valence electrons. The lowest BCUT2D eigenvalue weighted by atomic mass is 10.3. The van der Waals surface area contributed by atoms with E-state index >= 15 is 0 Å². The number of hydrogen-bond donors (Lipinski definition) is 0. The van der Waals surface area contributed by atoms with Gasteiger partial charge in [0.1, 0.15) is 11.5 Å². The molecule has 2 rings (SSSR count). The molecule has 0 aliphatic carbocycles. The van der Waals surface area contributed by atoms with Gasteiger partial charge in [0.05, 0.1) is 23.5 Å². The fourth-order valence-corrected chi connectivity index (χ4v) is 3.03. The van der Waals surface area contributed by atoms with Crippen molar-refractivity contribution in [2.24, 2.45) is 0 Å². The third-order valence-electron chi connectivity index (χ3n) is 2.81. The minimum atomic E-state index is -3.51. The molecule has 0 aliphatic heterocycles. The fourth-order valence-electron chi connectivity index (χ4n) is 1.77. The van der Waals surface area contributed by atoms with Crippen LogP contribution in [0.15, 0.2) is 58.3 Å². The molecule has 0 unspecified atom stereocenters. The van der Waals surface area contributed by atoms with Crippen LogP contribution >= 0.6 is 0 Å². The van der Waals surface area contributed by atoms with Crippen LogP contribution in [0.25, 0.3) is 0 Å². The number of rotatable bonds is 5. The summed E-state index contributed by atoms with van der Waals surface area (Å²) in [6, 6.07) is 12.7. The van der Waals surface area contributed by atoms with Crippen molar-refractivity contribution in [1.82, 2.24) is 0 Å². The minimum absolute atomic E-state index is 0.238. The molecule has 5 heteroatoms. The summed E-state index contributed by atoms with van der Waals surface area (Å²) in [5.41, 5.74) is 0. The third-order valence-corrected chi connectivity index (χ3v) is 4.60. The maximum absolute atomic E-state index is 12.4. The predicted molar refractivity (Wildman–Crippen MR) is 76.1 cm³/mol. The van der Waals surface area contributed by atoms with Gasteiger partial charge >= 0.3 is 0 Å². The summed E-state index contributed by atoms with van der Waals surface area (Å²) in [5, 5.41) is 0. The first-order chi connectivity index (χ1) is 9.57. The van der Waals surface area contributed by atoms with Crippen LogP contribution in [0.1, 0.15) is 6.92 Å². The maximum Gasteiger partial charge on any atom is 0.206 e. The molecule has 0 fully saturated rings. The van der Waals surface area contributed by atoms with E-state index < -0.39 is 9.84 Å². The van der Waals surface area contributed by atoms with E-state index in [0.717, 1.165) is 0 Å². The van der Waals surface area contributed by atoms with Crippen LogP contribution in [-0.2, 0) is 9.84 Å². The summed E-state index contributed by atoms with van der Waals surface area (Å²) in [7, 11) is -1.97. The lowest BCUT2D eigenvalue weighted by molar-refractivity contribution is 0.340. The predicted octanol–water partition coefficient (Wildman–Crippen LogP) is 2.93. The number of hydrogen-bond acceptors (Lipinski definition) is 4. The summed E-state index contributed by atoms with van der Waals surface area (Å²) < 4.78 is 35.2. The van der Waals surface area contributed by atoms with Gasteiger partial charge in [-0.15, -0.1) is 0 Å². The molecule has 0 spiro atoms. The van der Waals surface area contributed by atoms with E-state index in [2.05, 4.69) is 0 Å². The Balaban J connectivity index is 2.33. The van der Waals surface area contributed by atoms with Crippen LogP contribution in [0.3, 0.4) is 0 Å². The van der Waals surface area contributed by atoms with Crippen molar-refractivity contribution < 1.29 is 17.9 Å². The van der Waals surface area contributed by atoms with Gasteiger partial charge in [0, 0.05) is 0 Å². The number of sulfone groups is 1. The Morgan fingerprint density at radius 2 is 1.30 bits per heavy atom. The highest BCUT2D eigenvalue weighted by atomic mass is 32.2. The molecule has 0 bridgehead atoms. The van der Waals surface area contributed by atoms with E-state index in [9.17, 15) is 8.42 Å². The number of ether oxygens (including phenoxy) is 2. The van der Waals surface area contributed by atoms with Gasteiger partial charge in [-0.25, -0.2) is 8.42 Å². The highest BCUT2D eigenvalue weighted by Gasteiger charge is 2.17. The largest absolute Gasteiger partial charge is 0.497 e. The lowest BCUT2D eigenvalue weighted by Crippen LogP contribution is -2.02. The Hall–Kier alpha value is -2.01. The highest BCUT2D eigenvalue weighted by Crippen LogP contribution is 2.24. The molecule has 0 aromatic heterocycles. The fraction of sp³-hybridized carbons (Fsp3) is 0.200. The van der Waals surface area contributed by atoms with Gasteiger partial charge in [-0.05, 0) is 55.5 Å². The first-order valence-corrected chi connectivity index (χ1v) is 7.68. The molecule has 0 N–H and O–H groups in total. The monoisotopic (exact) mass is 292 g/mol. The molecular weight excluding hydrogens is 276 g/mol. The Kier molecular flexibility index (Phi) is 4.29. The average Bonchev–Trinajstić information content (AvgIpc) is 2.48. The maximum atomic E-state index is 12.4. The van der Waals surface area contributed by atoms with Gasteiger partial charge in [0.15, 0.2) is 0 Å². The third kappa shape index (κ3) is 2.93. The minimum Gasteiger partial charge on any atom is -0.497 e. The normalized spacial score (nSPS) is 11.1. The van der Waals surface area contributed by atoms with Crippen molar-refractivity contribution in [3.05, 3.63) is 48.5 Å². The van der Waals surface area contributed by atoms with Crippen LogP contribution in [0.4, 0.5) is 0 Å². The van der Waals surface area contributed by atoms with Gasteiger partial charge in [0.25, 0.3) is 0 Å². The Bertz CT molecular complexity index is 658. The smallest absolute Gasteiger partial charge is 0.206 e. The summed E-state index contributed by atoms with van der Waals surface area (Å²) >= 11 is 0. The van der Waals surface area contributed by atoms with Gasteiger partial charge in [-0.1, -0.05) is 0 Å². The van der Waals surface area contributed by atoms with E-state index in [1.807, 2.05) is 6.92 Å². The quantitative estimate of drug-likeness (QED) is 0.850. The molecule has 0 saturated heterocycles. The molecule has 0 atom stereocenters. The summed E-state index contributed by atoms with van der Waals surface area (Å²) in [6.07, 6.45) is 0. The molecule has 0 amide bonds. The van der Waals surface area contributed by atoms with E-state index in [1.165, 1.54) is 19.2 Å². The van der Waals surface area contributed by atoms with Crippen molar-refractivity contribution in [3.8, 4) is 11.5 Å². The van der Waals surface area contributed by atoms with Crippen LogP contribution < -0.4 is 9.47 Å². The molecule has 0 heterocycles. The van der Waals surface area contributed by atoms with Gasteiger partial charge in [0.2, 0.25) is 9.84 Å². The number of methoxy groups -OCH3 is 1. The van der Waals surface area contributed by atoms with Gasteiger partial charge < -0.3 is 9.47 Å². The molecule has 2 aromatic carbocycles. The molecule has 0 radical (unpaired) electrons. The zero-order valence-corrected chi connectivity index (χ0v) is 12.2. The van der Waals surface area contributed by atoms with Gasteiger partial charge in [-0.2, -0.15) is 0 Å². The second kappa shape index (κ2) is 5.96. The second-order valence-electron chi connectivity index (χ2n) is 4.08. The number of benzene rings is 2. The molecule has 0 aliphatic rings. The summed E-state index contributed by atoms with van der Waals surface area (Å²) in [6.45, 7) is 2.42. The molecule has 0 saturated carbocycles. The Labute approximate surface area is 118 Å². The van der Waals surface area contributed by atoms with E-state index in [0.29, 0.717) is 18.1 Å². The van der Waals surface area contributed by atoms with Crippen molar-refractivity contribution >= 4 is 9.84 Å². The lowest BCUT2D eigenvalue weighted by Gasteiger charge is -2.07. The SMILES string of the molecule is CCOc1ccc(S(=O)(=O)c2ccc(OC)cc2)cc1. The highest BCUT2D eigenvalue weighted by molar-refractivity contribution is 7.91. The topological polar surface area (TPSA) is 52.6 Å².